The maximum Gasteiger partial charge on any atom is 0.239 e. The van der Waals surface area contributed by atoms with Crippen LogP contribution in [0.15, 0.2) is 0 Å². The van der Waals surface area contributed by atoms with Crippen molar-refractivity contribution in [2.75, 3.05) is 39.8 Å². The summed E-state index contributed by atoms with van der Waals surface area (Å²) in [5.74, 6) is 1.21. The van der Waals surface area contributed by atoms with Crippen LogP contribution >= 0.6 is 0 Å². The molecular weight excluding hydrogens is 250 g/mol. The highest BCUT2D eigenvalue weighted by Gasteiger charge is 2.34. The van der Waals surface area contributed by atoms with Gasteiger partial charge in [-0.25, -0.2) is 0 Å². The fourth-order valence-electron chi connectivity index (χ4n) is 3.66. The molecule has 0 aromatic carbocycles. The van der Waals surface area contributed by atoms with Crippen molar-refractivity contribution in [1.29, 1.82) is 0 Å². The lowest BCUT2D eigenvalue weighted by atomic mass is 9.93. The monoisotopic (exact) mass is 281 g/mol. The molecule has 0 saturated carbocycles. The number of amides is 1. The number of nitrogens with zero attached hydrogens (tertiary/aromatic N) is 2. The zero-order valence-corrected chi connectivity index (χ0v) is 13.2. The molecular formula is C16H31N3O. The molecule has 116 valence electrons. The SMILES string of the molecule is CCCN1CCCC1C(=O)N1CCC(CCNC)CC1. The standard InChI is InChI=1S/C16H31N3O/c1-3-10-18-11-4-5-15(18)16(20)19-12-7-14(8-13-19)6-9-17-2/h14-15,17H,3-13H2,1-2H3. The van der Waals surface area contributed by atoms with Gasteiger partial charge in [0.25, 0.3) is 0 Å². The van der Waals surface area contributed by atoms with Gasteiger partial charge in [-0.2, -0.15) is 0 Å². The number of carbonyl (C=O) groups is 1. The molecule has 4 nitrogen and oxygen atoms in total. The van der Waals surface area contributed by atoms with Crippen molar-refractivity contribution in [2.45, 2.75) is 51.5 Å². The normalized spacial score (nSPS) is 25.3. The molecule has 2 aliphatic rings. The Morgan fingerprint density at radius 1 is 1.20 bits per heavy atom. The Hall–Kier alpha value is -0.610. The zero-order chi connectivity index (χ0) is 14.4. The van der Waals surface area contributed by atoms with Crippen LogP contribution in [0.5, 0.6) is 0 Å². The molecule has 0 aromatic heterocycles. The molecule has 20 heavy (non-hydrogen) atoms. The van der Waals surface area contributed by atoms with Gasteiger partial charge in [0.2, 0.25) is 5.91 Å². The van der Waals surface area contributed by atoms with Crippen LogP contribution in [0.4, 0.5) is 0 Å². The first-order valence-electron chi connectivity index (χ1n) is 8.43. The Kier molecular flexibility index (Phi) is 6.30. The van der Waals surface area contributed by atoms with Crippen molar-refractivity contribution in [3.8, 4) is 0 Å². The number of rotatable bonds is 6. The van der Waals surface area contributed by atoms with Gasteiger partial charge < -0.3 is 10.2 Å². The first kappa shape index (κ1) is 15.8. The second-order valence-electron chi connectivity index (χ2n) is 6.35. The first-order valence-corrected chi connectivity index (χ1v) is 8.43. The number of likely N-dealkylation sites (tertiary alicyclic amines) is 2. The smallest absolute Gasteiger partial charge is 0.239 e. The van der Waals surface area contributed by atoms with Gasteiger partial charge in [-0.15, -0.1) is 0 Å². The predicted molar refractivity (Wildman–Crippen MR) is 82.7 cm³/mol. The summed E-state index contributed by atoms with van der Waals surface area (Å²) in [5, 5.41) is 3.23. The zero-order valence-electron chi connectivity index (χ0n) is 13.2. The summed E-state index contributed by atoms with van der Waals surface area (Å²) in [6, 6.07) is 0.184. The van der Waals surface area contributed by atoms with E-state index in [-0.39, 0.29) is 6.04 Å². The average molecular weight is 281 g/mol. The van der Waals surface area contributed by atoms with Gasteiger partial charge in [0.05, 0.1) is 6.04 Å². The second-order valence-corrected chi connectivity index (χ2v) is 6.35. The van der Waals surface area contributed by atoms with Crippen molar-refractivity contribution in [1.82, 2.24) is 15.1 Å². The van der Waals surface area contributed by atoms with Crippen LogP contribution in [0.3, 0.4) is 0 Å². The van der Waals surface area contributed by atoms with Crippen molar-refractivity contribution in [3.05, 3.63) is 0 Å². The molecule has 1 N–H and O–H groups in total. The van der Waals surface area contributed by atoms with Crippen LogP contribution in [0.25, 0.3) is 0 Å². The highest BCUT2D eigenvalue weighted by Crippen LogP contribution is 2.24. The van der Waals surface area contributed by atoms with Gasteiger partial charge in [-0.3, -0.25) is 9.69 Å². The van der Waals surface area contributed by atoms with E-state index in [0.717, 1.165) is 51.5 Å². The third kappa shape index (κ3) is 3.95. The van der Waals surface area contributed by atoms with E-state index >= 15 is 0 Å². The minimum absolute atomic E-state index is 0.184. The van der Waals surface area contributed by atoms with Crippen LogP contribution in [0.2, 0.25) is 0 Å². The van der Waals surface area contributed by atoms with Gasteiger partial charge in [-0.1, -0.05) is 6.92 Å². The fourth-order valence-corrected chi connectivity index (χ4v) is 3.66. The Bertz CT molecular complexity index is 300. The van der Waals surface area contributed by atoms with E-state index in [9.17, 15) is 4.79 Å². The summed E-state index contributed by atoms with van der Waals surface area (Å²) in [6.45, 7) is 7.45. The minimum atomic E-state index is 0.184. The molecule has 0 radical (unpaired) electrons. The summed E-state index contributed by atoms with van der Waals surface area (Å²) < 4.78 is 0. The van der Waals surface area contributed by atoms with Crippen LogP contribution in [-0.4, -0.2) is 61.5 Å². The van der Waals surface area contributed by atoms with Crippen molar-refractivity contribution in [3.63, 3.8) is 0 Å². The topological polar surface area (TPSA) is 35.6 Å². The molecule has 2 heterocycles. The lowest BCUT2D eigenvalue weighted by molar-refractivity contribution is -0.137. The summed E-state index contributed by atoms with van der Waals surface area (Å²) in [7, 11) is 2.01. The van der Waals surface area contributed by atoms with Crippen LogP contribution in [-0.2, 0) is 4.79 Å². The molecule has 0 spiro atoms. The lowest BCUT2D eigenvalue weighted by Gasteiger charge is -2.35. The van der Waals surface area contributed by atoms with Crippen molar-refractivity contribution in [2.24, 2.45) is 5.92 Å². The molecule has 2 fully saturated rings. The van der Waals surface area contributed by atoms with E-state index in [1.165, 1.54) is 25.7 Å². The Morgan fingerprint density at radius 3 is 2.60 bits per heavy atom. The van der Waals surface area contributed by atoms with E-state index in [0.29, 0.717) is 5.91 Å². The number of piperidine rings is 1. The maximum absolute atomic E-state index is 12.7. The predicted octanol–water partition coefficient (Wildman–Crippen LogP) is 1.71. The van der Waals surface area contributed by atoms with Gasteiger partial charge >= 0.3 is 0 Å². The first-order chi connectivity index (χ1) is 9.76. The van der Waals surface area contributed by atoms with E-state index in [2.05, 4.69) is 22.0 Å². The third-order valence-corrected chi connectivity index (χ3v) is 4.89. The van der Waals surface area contributed by atoms with Crippen molar-refractivity contribution < 1.29 is 4.79 Å². The number of hydrogen-bond acceptors (Lipinski definition) is 3. The average Bonchev–Trinajstić information content (AvgIpc) is 2.93. The van der Waals surface area contributed by atoms with Crippen LogP contribution in [0, 0.1) is 5.92 Å². The molecule has 2 aliphatic heterocycles. The Morgan fingerprint density at radius 2 is 1.95 bits per heavy atom. The lowest BCUT2D eigenvalue weighted by Crippen LogP contribution is -2.48. The van der Waals surface area contributed by atoms with Crippen LogP contribution < -0.4 is 5.32 Å². The van der Waals surface area contributed by atoms with E-state index in [4.69, 9.17) is 0 Å². The molecule has 0 bridgehead atoms. The molecule has 2 rings (SSSR count). The largest absolute Gasteiger partial charge is 0.341 e. The highest BCUT2D eigenvalue weighted by molar-refractivity contribution is 5.82. The Balaban J connectivity index is 1.79. The molecule has 0 aromatic rings. The van der Waals surface area contributed by atoms with E-state index in [1.807, 2.05) is 7.05 Å². The molecule has 2 saturated heterocycles. The van der Waals surface area contributed by atoms with Crippen LogP contribution in [0.1, 0.15) is 45.4 Å². The quantitative estimate of drug-likeness (QED) is 0.805. The van der Waals surface area contributed by atoms with Gasteiger partial charge in [-0.05, 0) is 71.1 Å². The maximum atomic E-state index is 12.7. The van der Waals surface area contributed by atoms with Gasteiger partial charge in [0.1, 0.15) is 0 Å². The van der Waals surface area contributed by atoms with Gasteiger partial charge in [0.15, 0.2) is 0 Å². The Labute approximate surface area is 123 Å². The fraction of sp³-hybridized carbons (Fsp3) is 0.938. The van der Waals surface area contributed by atoms with E-state index in [1.54, 1.807) is 0 Å². The van der Waals surface area contributed by atoms with Crippen molar-refractivity contribution >= 4 is 5.91 Å². The summed E-state index contributed by atoms with van der Waals surface area (Å²) in [4.78, 5) is 17.2. The summed E-state index contributed by atoms with van der Waals surface area (Å²) in [6.07, 6.45) is 7.04. The molecule has 0 aliphatic carbocycles. The number of nitrogens with one attached hydrogen (secondary N) is 1. The van der Waals surface area contributed by atoms with Gasteiger partial charge in [0, 0.05) is 13.1 Å². The molecule has 1 atom stereocenters. The second kappa shape index (κ2) is 7.99. The molecule has 1 amide bonds. The summed E-state index contributed by atoms with van der Waals surface area (Å²) in [5.41, 5.74) is 0. The number of carbonyl (C=O) groups excluding carboxylic acids is 1. The number of hydrogen-bond donors (Lipinski definition) is 1. The van der Waals surface area contributed by atoms with E-state index < -0.39 is 0 Å². The molecule has 1 unspecified atom stereocenters. The summed E-state index contributed by atoms with van der Waals surface area (Å²) >= 11 is 0. The third-order valence-electron chi connectivity index (χ3n) is 4.89. The minimum Gasteiger partial charge on any atom is -0.341 e. The highest BCUT2D eigenvalue weighted by atomic mass is 16.2. The molecule has 4 heteroatoms.